The summed E-state index contributed by atoms with van der Waals surface area (Å²) in [7, 11) is 1.47. The highest BCUT2D eigenvalue weighted by Crippen LogP contribution is 2.28. The minimum Gasteiger partial charge on any atom is -0.504 e. The van der Waals surface area contributed by atoms with Crippen LogP contribution in [-0.2, 0) is 11.3 Å². The quantitative estimate of drug-likeness (QED) is 0.436. The lowest BCUT2D eigenvalue weighted by molar-refractivity contribution is 0.0270. The van der Waals surface area contributed by atoms with Crippen molar-refractivity contribution in [1.29, 1.82) is 0 Å². The number of carbonyl (C=O) groups excluding carboxylic acids is 2. The molecule has 1 aromatic heterocycles. The fourth-order valence-corrected chi connectivity index (χ4v) is 3.60. The van der Waals surface area contributed by atoms with Gasteiger partial charge in [0.05, 0.1) is 26.1 Å². The number of anilines is 1. The molecule has 172 valence electrons. The number of amides is 2. The Morgan fingerprint density at radius 2 is 2.06 bits per heavy atom. The molecule has 2 aromatic carbocycles. The van der Waals surface area contributed by atoms with E-state index in [9.17, 15) is 14.7 Å². The molecule has 1 saturated heterocycles. The molecule has 33 heavy (non-hydrogen) atoms. The molecule has 4 N–H and O–H groups in total. The fourth-order valence-electron chi connectivity index (χ4n) is 3.60. The molecule has 0 bridgehead atoms. The predicted molar refractivity (Wildman–Crippen MR) is 120 cm³/mol. The number of hydrogen-bond acceptors (Lipinski definition) is 7. The molecule has 2 amide bonds. The van der Waals surface area contributed by atoms with Crippen LogP contribution in [0.2, 0.25) is 0 Å². The van der Waals surface area contributed by atoms with E-state index in [1.54, 1.807) is 42.5 Å². The number of hydrogen-bond donors (Lipinski definition) is 4. The highest BCUT2D eigenvalue weighted by atomic mass is 16.5. The Balaban J connectivity index is 1.55. The number of carbonyl (C=O) groups is 2. The Labute approximate surface area is 190 Å². The number of methoxy groups -OCH3 is 1. The van der Waals surface area contributed by atoms with Gasteiger partial charge in [0.15, 0.2) is 17.3 Å². The maximum Gasteiger partial charge on any atom is 0.291 e. The van der Waals surface area contributed by atoms with Gasteiger partial charge in [0.25, 0.3) is 11.8 Å². The van der Waals surface area contributed by atoms with Gasteiger partial charge in [0.1, 0.15) is 0 Å². The number of rotatable bonds is 7. The molecule has 1 fully saturated rings. The number of morpholine rings is 1. The van der Waals surface area contributed by atoms with E-state index in [2.05, 4.69) is 16.0 Å². The van der Waals surface area contributed by atoms with E-state index < -0.39 is 5.91 Å². The summed E-state index contributed by atoms with van der Waals surface area (Å²) in [5.74, 6) is -0.222. The molecule has 1 atom stereocenters. The third-order valence-corrected chi connectivity index (χ3v) is 5.27. The minimum atomic E-state index is -0.414. The smallest absolute Gasteiger partial charge is 0.291 e. The lowest BCUT2D eigenvalue weighted by atomic mass is 9.99. The zero-order chi connectivity index (χ0) is 23.2. The molecule has 0 aliphatic carbocycles. The van der Waals surface area contributed by atoms with Crippen molar-refractivity contribution in [2.45, 2.75) is 12.6 Å². The maximum atomic E-state index is 13.2. The van der Waals surface area contributed by atoms with Crippen LogP contribution in [0.5, 0.6) is 11.5 Å². The van der Waals surface area contributed by atoms with Gasteiger partial charge in [0.2, 0.25) is 0 Å². The Kier molecular flexibility index (Phi) is 6.92. The molecule has 4 rings (SSSR count). The standard InChI is InChI=1S/C24H25N3O6/c1-31-20-7-4-15(11-19(20)28)13-26-23(29)18-12-16(27-24(30)21-3-2-9-32-21)5-6-17(18)22-14-25-8-10-33-22/h2-7,9,11-12,22,25,28H,8,10,13-14H2,1H3,(H,26,29)(H,27,30). The average molecular weight is 451 g/mol. The summed E-state index contributed by atoms with van der Waals surface area (Å²) in [6, 6.07) is 13.2. The van der Waals surface area contributed by atoms with Crippen LogP contribution in [0.1, 0.15) is 38.1 Å². The number of nitrogens with one attached hydrogen (secondary N) is 3. The molecule has 1 aliphatic rings. The monoisotopic (exact) mass is 451 g/mol. The highest BCUT2D eigenvalue weighted by molar-refractivity contribution is 6.03. The first-order valence-electron chi connectivity index (χ1n) is 10.5. The molecule has 0 saturated carbocycles. The third kappa shape index (κ3) is 5.33. The van der Waals surface area contributed by atoms with Crippen molar-refractivity contribution in [3.05, 3.63) is 77.2 Å². The summed E-state index contributed by atoms with van der Waals surface area (Å²) >= 11 is 0. The van der Waals surface area contributed by atoms with Crippen molar-refractivity contribution in [1.82, 2.24) is 10.6 Å². The van der Waals surface area contributed by atoms with Gasteiger partial charge in [-0.2, -0.15) is 0 Å². The van der Waals surface area contributed by atoms with Crippen LogP contribution in [0.4, 0.5) is 5.69 Å². The Morgan fingerprint density at radius 3 is 2.76 bits per heavy atom. The molecule has 1 unspecified atom stereocenters. The number of aromatic hydroxyl groups is 1. The SMILES string of the molecule is COc1ccc(CNC(=O)c2cc(NC(=O)c3ccco3)ccc2C2CNCCO2)cc1O. The first-order valence-corrected chi connectivity index (χ1v) is 10.5. The molecular weight excluding hydrogens is 426 g/mol. The molecule has 1 aliphatic heterocycles. The summed E-state index contributed by atoms with van der Waals surface area (Å²) in [6.07, 6.45) is 1.13. The van der Waals surface area contributed by atoms with E-state index in [4.69, 9.17) is 13.9 Å². The second-order valence-corrected chi connectivity index (χ2v) is 7.49. The molecule has 9 heteroatoms. The van der Waals surface area contributed by atoms with Crippen LogP contribution in [0.15, 0.2) is 59.2 Å². The molecule has 2 heterocycles. The van der Waals surface area contributed by atoms with Crippen LogP contribution in [-0.4, -0.2) is 43.7 Å². The number of phenols is 1. The number of ether oxygens (including phenoxy) is 2. The Bertz CT molecular complexity index is 1120. The van der Waals surface area contributed by atoms with E-state index in [0.717, 1.165) is 6.54 Å². The van der Waals surface area contributed by atoms with E-state index in [1.807, 2.05) is 0 Å². The van der Waals surface area contributed by atoms with Crippen LogP contribution in [0.3, 0.4) is 0 Å². The van der Waals surface area contributed by atoms with Gasteiger partial charge in [-0.25, -0.2) is 0 Å². The topological polar surface area (TPSA) is 122 Å². The Morgan fingerprint density at radius 1 is 1.18 bits per heavy atom. The van der Waals surface area contributed by atoms with E-state index >= 15 is 0 Å². The van der Waals surface area contributed by atoms with Gasteiger partial charge in [0, 0.05) is 30.9 Å². The van der Waals surface area contributed by atoms with Crippen LogP contribution >= 0.6 is 0 Å². The van der Waals surface area contributed by atoms with Crippen molar-refractivity contribution >= 4 is 17.5 Å². The molecule has 0 spiro atoms. The predicted octanol–water partition coefficient (Wildman–Crippen LogP) is 2.84. The average Bonchev–Trinajstić information content (AvgIpc) is 3.38. The summed E-state index contributed by atoms with van der Waals surface area (Å²) < 4.78 is 16.0. The van der Waals surface area contributed by atoms with Gasteiger partial charge in [-0.3, -0.25) is 9.59 Å². The lowest BCUT2D eigenvalue weighted by Crippen LogP contribution is -2.35. The first-order chi connectivity index (χ1) is 16.0. The summed E-state index contributed by atoms with van der Waals surface area (Å²) in [5, 5.41) is 18.9. The van der Waals surface area contributed by atoms with E-state index in [0.29, 0.717) is 41.3 Å². The number of benzene rings is 2. The largest absolute Gasteiger partial charge is 0.504 e. The first kappa shape index (κ1) is 22.4. The maximum absolute atomic E-state index is 13.2. The van der Waals surface area contributed by atoms with E-state index in [1.165, 1.54) is 19.4 Å². The van der Waals surface area contributed by atoms with Crippen molar-refractivity contribution in [2.24, 2.45) is 0 Å². The van der Waals surface area contributed by atoms with Crippen molar-refractivity contribution in [3.8, 4) is 11.5 Å². The second kappa shape index (κ2) is 10.2. The highest BCUT2D eigenvalue weighted by Gasteiger charge is 2.23. The van der Waals surface area contributed by atoms with E-state index in [-0.39, 0.29) is 30.1 Å². The molecular formula is C24H25N3O6. The van der Waals surface area contributed by atoms with Gasteiger partial charge in [-0.05, 0) is 47.5 Å². The minimum absolute atomic E-state index is 0.00532. The summed E-state index contributed by atoms with van der Waals surface area (Å²) in [6.45, 7) is 2.05. The molecule has 0 radical (unpaired) electrons. The normalized spacial score (nSPS) is 15.6. The van der Waals surface area contributed by atoms with Gasteiger partial charge < -0.3 is 34.9 Å². The number of furan rings is 1. The zero-order valence-corrected chi connectivity index (χ0v) is 18.1. The van der Waals surface area contributed by atoms with Crippen molar-refractivity contribution < 1.29 is 28.6 Å². The van der Waals surface area contributed by atoms with Crippen LogP contribution in [0.25, 0.3) is 0 Å². The van der Waals surface area contributed by atoms with Crippen molar-refractivity contribution in [2.75, 3.05) is 32.1 Å². The van der Waals surface area contributed by atoms with Crippen LogP contribution in [0, 0.1) is 0 Å². The lowest BCUT2D eigenvalue weighted by Gasteiger charge is -2.26. The third-order valence-electron chi connectivity index (χ3n) is 5.27. The molecule has 3 aromatic rings. The second-order valence-electron chi connectivity index (χ2n) is 7.49. The molecule has 9 nitrogen and oxygen atoms in total. The Hall–Kier alpha value is -3.82. The van der Waals surface area contributed by atoms with Gasteiger partial charge >= 0.3 is 0 Å². The fraction of sp³-hybridized carbons (Fsp3) is 0.250. The van der Waals surface area contributed by atoms with Gasteiger partial charge in [-0.15, -0.1) is 0 Å². The van der Waals surface area contributed by atoms with Crippen LogP contribution < -0.4 is 20.7 Å². The van der Waals surface area contributed by atoms with Crippen molar-refractivity contribution in [3.63, 3.8) is 0 Å². The summed E-state index contributed by atoms with van der Waals surface area (Å²) in [4.78, 5) is 25.5. The van der Waals surface area contributed by atoms with Gasteiger partial charge in [-0.1, -0.05) is 12.1 Å². The number of phenolic OH excluding ortho intramolecular Hbond substituents is 1. The zero-order valence-electron chi connectivity index (χ0n) is 18.1. The summed E-state index contributed by atoms with van der Waals surface area (Å²) in [5.41, 5.74) is 2.27.